The molecule has 1 aromatic heterocycles. The molecule has 1 fully saturated rings. The Balaban J connectivity index is 1.67. The summed E-state index contributed by atoms with van der Waals surface area (Å²) >= 11 is 3.42. The van der Waals surface area contributed by atoms with Gasteiger partial charge in [-0.25, -0.2) is 0 Å². The van der Waals surface area contributed by atoms with Crippen LogP contribution in [-0.2, 0) is 4.74 Å². The van der Waals surface area contributed by atoms with E-state index in [4.69, 9.17) is 4.74 Å². The van der Waals surface area contributed by atoms with Crippen molar-refractivity contribution in [3.8, 4) is 0 Å². The Morgan fingerprint density at radius 3 is 2.60 bits per heavy atom. The summed E-state index contributed by atoms with van der Waals surface area (Å²) in [7, 11) is 0. The third-order valence-corrected chi connectivity index (χ3v) is 3.71. The molecule has 1 aliphatic heterocycles. The molecule has 0 spiro atoms. The van der Waals surface area contributed by atoms with Crippen molar-refractivity contribution >= 4 is 27.3 Å². The Morgan fingerprint density at radius 2 is 1.95 bits per heavy atom. The maximum Gasteiger partial charge on any atom is 0.112 e. The molecule has 0 amide bonds. The zero-order valence-corrected chi connectivity index (χ0v) is 12.6. The first-order valence-electron chi connectivity index (χ1n) is 6.62. The molecular formula is C15H16BrN3O. The zero-order chi connectivity index (χ0) is 13.8. The molecule has 4 nitrogen and oxygen atoms in total. The van der Waals surface area contributed by atoms with Crippen LogP contribution in [0, 0.1) is 0 Å². The van der Waals surface area contributed by atoms with Crippen molar-refractivity contribution in [3.63, 3.8) is 0 Å². The van der Waals surface area contributed by atoms with Gasteiger partial charge in [0.1, 0.15) is 6.10 Å². The lowest BCUT2D eigenvalue weighted by Gasteiger charge is -2.23. The number of hydrogen-bond donors (Lipinski definition) is 2. The molecule has 2 N–H and O–H groups in total. The lowest BCUT2D eigenvalue weighted by Crippen LogP contribution is -2.33. The van der Waals surface area contributed by atoms with E-state index in [1.807, 2.05) is 42.6 Å². The lowest BCUT2D eigenvalue weighted by atomic mass is 10.2. The Morgan fingerprint density at radius 1 is 1.15 bits per heavy atom. The number of rotatable bonds is 3. The highest BCUT2D eigenvalue weighted by molar-refractivity contribution is 9.10. The Labute approximate surface area is 126 Å². The zero-order valence-electron chi connectivity index (χ0n) is 11.0. The molecular weight excluding hydrogens is 318 g/mol. The minimum atomic E-state index is 0.0606. The van der Waals surface area contributed by atoms with Gasteiger partial charge in [-0.2, -0.15) is 0 Å². The predicted octanol–water partition coefficient (Wildman–Crippen LogP) is 3.25. The molecule has 0 bridgehead atoms. The van der Waals surface area contributed by atoms with Crippen LogP contribution in [0.4, 0.5) is 11.4 Å². The van der Waals surface area contributed by atoms with Gasteiger partial charge in [0.05, 0.1) is 24.2 Å². The van der Waals surface area contributed by atoms with Gasteiger partial charge in [-0.15, -0.1) is 0 Å². The van der Waals surface area contributed by atoms with Gasteiger partial charge >= 0.3 is 0 Å². The van der Waals surface area contributed by atoms with Crippen LogP contribution >= 0.6 is 15.9 Å². The molecule has 20 heavy (non-hydrogen) atoms. The topological polar surface area (TPSA) is 46.2 Å². The fourth-order valence-electron chi connectivity index (χ4n) is 2.12. The van der Waals surface area contributed by atoms with Crippen molar-refractivity contribution in [1.82, 2.24) is 10.3 Å². The second-order valence-corrected chi connectivity index (χ2v) is 5.58. The molecule has 1 aromatic carbocycles. The second kappa shape index (κ2) is 6.35. The van der Waals surface area contributed by atoms with Gasteiger partial charge in [0.2, 0.25) is 0 Å². The first-order valence-corrected chi connectivity index (χ1v) is 7.41. The minimum Gasteiger partial charge on any atom is -0.369 e. The van der Waals surface area contributed by atoms with Gasteiger partial charge in [0, 0.05) is 23.2 Å². The average Bonchev–Trinajstić information content (AvgIpc) is 2.51. The molecule has 2 heterocycles. The Hall–Kier alpha value is -1.43. The minimum absolute atomic E-state index is 0.0606. The molecule has 0 saturated carbocycles. The van der Waals surface area contributed by atoms with E-state index in [1.54, 1.807) is 0 Å². The van der Waals surface area contributed by atoms with Gasteiger partial charge in [0.15, 0.2) is 0 Å². The standard InChI is InChI=1S/C15H16BrN3O/c16-11-1-3-12(4-2-11)19-13-5-6-14(18-9-13)15-10-17-7-8-20-15/h1-6,9,15,17,19H,7-8,10H2. The number of hydrogen-bond acceptors (Lipinski definition) is 4. The maximum atomic E-state index is 5.68. The van der Waals surface area contributed by atoms with E-state index >= 15 is 0 Å². The van der Waals surface area contributed by atoms with E-state index in [9.17, 15) is 0 Å². The van der Waals surface area contributed by atoms with Gasteiger partial charge in [-0.05, 0) is 36.4 Å². The number of morpholine rings is 1. The summed E-state index contributed by atoms with van der Waals surface area (Å²) in [5, 5.41) is 6.63. The third-order valence-electron chi connectivity index (χ3n) is 3.18. The monoisotopic (exact) mass is 333 g/mol. The highest BCUT2D eigenvalue weighted by Crippen LogP contribution is 2.21. The Kier molecular flexibility index (Phi) is 4.30. The third kappa shape index (κ3) is 3.36. The van der Waals surface area contributed by atoms with E-state index in [2.05, 4.69) is 31.5 Å². The first kappa shape index (κ1) is 13.5. The summed E-state index contributed by atoms with van der Waals surface area (Å²) in [5.74, 6) is 0. The van der Waals surface area contributed by atoms with Crippen LogP contribution in [0.25, 0.3) is 0 Å². The van der Waals surface area contributed by atoms with E-state index in [0.717, 1.165) is 41.2 Å². The molecule has 5 heteroatoms. The fraction of sp³-hybridized carbons (Fsp3) is 0.267. The lowest BCUT2D eigenvalue weighted by molar-refractivity contribution is 0.0250. The average molecular weight is 334 g/mol. The molecule has 3 rings (SSSR count). The summed E-state index contributed by atoms with van der Waals surface area (Å²) < 4.78 is 6.75. The second-order valence-electron chi connectivity index (χ2n) is 4.67. The SMILES string of the molecule is Brc1ccc(Nc2ccc(C3CNCCO3)nc2)cc1. The molecule has 0 aliphatic carbocycles. The molecule has 1 atom stereocenters. The van der Waals surface area contributed by atoms with E-state index in [-0.39, 0.29) is 6.10 Å². The number of nitrogens with zero attached hydrogens (tertiary/aromatic N) is 1. The van der Waals surface area contributed by atoms with Crippen molar-refractivity contribution < 1.29 is 4.74 Å². The quantitative estimate of drug-likeness (QED) is 0.905. The normalized spacial score (nSPS) is 18.8. The van der Waals surface area contributed by atoms with Crippen LogP contribution in [0.3, 0.4) is 0 Å². The van der Waals surface area contributed by atoms with E-state index < -0.39 is 0 Å². The van der Waals surface area contributed by atoms with Crippen molar-refractivity contribution in [3.05, 3.63) is 52.8 Å². The van der Waals surface area contributed by atoms with Crippen LogP contribution in [0.2, 0.25) is 0 Å². The summed E-state index contributed by atoms with van der Waals surface area (Å²) in [6.07, 6.45) is 1.90. The first-order chi connectivity index (χ1) is 9.81. The molecule has 0 radical (unpaired) electrons. The van der Waals surface area contributed by atoms with Crippen molar-refractivity contribution in [1.29, 1.82) is 0 Å². The van der Waals surface area contributed by atoms with Gasteiger partial charge in [0.25, 0.3) is 0 Å². The summed E-state index contributed by atoms with van der Waals surface area (Å²) in [6, 6.07) is 12.1. The highest BCUT2D eigenvalue weighted by atomic mass is 79.9. The predicted molar refractivity (Wildman–Crippen MR) is 83.2 cm³/mol. The number of nitrogens with one attached hydrogen (secondary N) is 2. The number of halogens is 1. The van der Waals surface area contributed by atoms with Crippen LogP contribution in [0.1, 0.15) is 11.8 Å². The van der Waals surface area contributed by atoms with Crippen molar-refractivity contribution in [2.75, 3.05) is 25.0 Å². The largest absolute Gasteiger partial charge is 0.369 e. The van der Waals surface area contributed by atoms with Gasteiger partial charge in [-0.1, -0.05) is 15.9 Å². The highest BCUT2D eigenvalue weighted by Gasteiger charge is 2.16. The summed E-state index contributed by atoms with van der Waals surface area (Å²) in [4.78, 5) is 4.48. The number of benzene rings is 1. The fourth-order valence-corrected chi connectivity index (χ4v) is 2.39. The van der Waals surface area contributed by atoms with Gasteiger partial charge in [-0.3, -0.25) is 4.98 Å². The molecule has 1 unspecified atom stereocenters. The molecule has 2 aromatic rings. The Bertz CT molecular complexity index is 550. The molecule has 1 aliphatic rings. The van der Waals surface area contributed by atoms with Crippen LogP contribution in [-0.4, -0.2) is 24.7 Å². The van der Waals surface area contributed by atoms with E-state index in [0.29, 0.717) is 0 Å². The summed E-state index contributed by atoms with van der Waals surface area (Å²) in [6.45, 7) is 2.48. The van der Waals surface area contributed by atoms with Gasteiger partial charge < -0.3 is 15.4 Å². The van der Waals surface area contributed by atoms with Crippen LogP contribution in [0.15, 0.2) is 47.1 Å². The van der Waals surface area contributed by atoms with E-state index in [1.165, 1.54) is 0 Å². The van der Waals surface area contributed by atoms with Crippen molar-refractivity contribution in [2.24, 2.45) is 0 Å². The smallest absolute Gasteiger partial charge is 0.112 e. The number of pyridine rings is 1. The number of ether oxygens (including phenoxy) is 1. The molecule has 1 saturated heterocycles. The summed E-state index contributed by atoms with van der Waals surface area (Å²) in [5.41, 5.74) is 2.98. The molecule has 104 valence electrons. The number of anilines is 2. The number of aromatic nitrogens is 1. The van der Waals surface area contributed by atoms with Crippen LogP contribution in [0.5, 0.6) is 0 Å². The van der Waals surface area contributed by atoms with Crippen LogP contribution < -0.4 is 10.6 Å². The van der Waals surface area contributed by atoms with Crippen molar-refractivity contribution in [2.45, 2.75) is 6.10 Å². The maximum absolute atomic E-state index is 5.68.